The van der Waals surface area contributed by atoms with Crippen molar-refractivity contribution >= 4 is 16.0 Å². The van der Waals surface area contributed by atoms with E-state index in [2.05, 4.69) is 45.6 Å². The van der Waals surface area contributed by atoms with Gasteiger partial charge in [-0.25, -0.2) is 8.42 Å². The second kappa shape index (κ2) is 10.1. The predicted octanol–water partition coefficient (Wildman–Crippen LogP) is 1.80. The number of hydrogen-bond acceptors (Lipinski definition) is 4. The molecule has 1 fully saturated rings. The topological polar surface area (TPSA) is 77.0 Å². The van der Waals surface area contributed by atoms with Gasteiger partial charge in [0.15, 0.2) is 5.96 Å². The molecule has 0 aromatic heterocycles. The Bertz CT molecular complexity index is 983. The minimum Gasteiger partial charge on any atom is -0.352 e. The van der Waals surface area contributed by atoms with Crippen LogP contribution in [-0.4, -0.2) is 63.9 Å². The van der Waals surface area contributed by atoms with Crippen LogP contribution in [0, 0.1) is 6.92 Å². The smallest absolute Gasteiger partial charge is 0.243 e. The molecule has 0 spiro atoms. The molecule has 2 aromatic carbocycles. The average Bonchev–Trinajstić information content (AvgIpc) is 2.74. The first-order chi connectivity index (χ1) is 14.4. The molecule has 0 aliphatic carbocycles. The number of sulfonamides is 1. The van der Waals surface area contributed by atoms with Gasteiger partial charge >= 0.3 is 0 Å². The van der Waals surface area contributed by atoms with Crippen LogP contribution in [0.5, 0.6) is 0 Å². The van der Waals surface area contributed by atoms with E-state index < -0.39 is 10.0 Å². The molecule has 1 aliphatic heterocycles. The van der Waals surface area contributed by atoms with E-state index in [0.717, 1.165) is 24.2 Å². The minimum absolute atomic E-state index is 0.358. The zero-order chi connectivity index (χ0) is 21.6. The molecule has 7 nitrogen and oxygen atoms in total. The molecule has 8 heteroatoms. The molecule has 0 amide bonds. The maximum atomic E-state index is 13.2. The van der Waals surface area contributed by atoms with Crippen LogP contribution in [0.2, 0.25) is 0 Å². The number of likely N-dealkylation sites (N-methyl/N-ethyl adjacent to an activating group) is 1. The van der Waals surface area contributed by atoms with E-state index in [1.165, 1.54) is 5.56 Å². The fourth-order valence-electron chi connectivity index (χ4n) is 3.48. The van der Waals surface area contributed by atoms with Gasteiger partial charge in [-0.05, 0) is 31.2 Å². The molecule has 30 heavy (non-hydrogen) atoms. The second-order valence-electron chi connectivity index (χ2n) is 7.58. The first-order valence-corrected chi connectivity index (χ1v) is 11.6. The maximum Gasteiger partial charge on any atom is 0.243 e. The SMILES string of the molecule is CN=C(NCc1cccc(C)c1)NCc1ccccc1S(=O)(=O)N1CCN(C)CC1. The van der Waals surface area contributed by atoms with E-state index in [4.69, 9.17) is 0 Å². The van der Waals surface area contributed by atoms with Crippen LogP contribution in [-0.2, 0) is 23.1 Å². The number of rotatable bonds is 6. The standard InChI is InChI=1S/C22H31N5O2S/c1-18-7-6-8-19(15-18)16-24-22(23-2)25-17-20-9-4-5-10-21(20)30(28,29)27-13-11-26(3)12-14-27/h4-10,15H,11-14,16-17H2,1-3H3,(H2,23,24,25). The summed E-state index contributed by atoms with van der Waals surface area (Å²) in [4.78, 5) is 6.76. The number of aliphatic imine (C=N–C) groups is 1. The Labute approximate surface area is 179 Å². The van der Waals surface area contributed by atoms with Crippen LogP contribution < -0.4 is 10.6 Å². The molecule has 1 aliphatic rings. The highest BCUT2D eigenvalue weighted by Gasteiger charge is 2.29. The fraction of sp³-hybridized carbons (Fsp3) is 0.409. The van der Waals surface area contributed by atoms with Gasteiger partial charge in [0, 0.05) is 46.3 Å². The van der Waals surface area contributed by atoms with E-state index >= 15 is 0 Å². The summed E-state index contributed by atoms with van der Waals surface area (Å²) in [7, 11) is 0.194. The second-order valence-corrected chi connectivity index (χ2v) is 9.49. The molecule has 0 radical (unpaired) electrons. The van der Waals surface area contributed by atoms with E-state index in [-0.39, 0.29) is 0 Å². The van der Waals surface area contributed by atoms with E-state index in [1.54, 1.807) is 23.5 Å². The van der Waals surface area contributed by atoms with Gasteiger partial charge in [0.1, 0.15) is 0 Å². The van der Waals surface area contributed by atoms with Gasteiger partial charge in [0.25, 0.3) is 0 Å². The summed E-state index contributed by atoms with van der Waals surface area (Å²) in [5, 5.41) is 6.52. The van der Waals surface area contributed by atoms with Crippen molar-refractivity contribution in [2.75, 3.05) is 40.3 Å². The lowest BCUT2D eigenvalue weighted by Gasteiger charge is -2.32. The first kappa shape index (κ1) is 22.3. The van der Waals surface area contributed by atoms with Gasteiger partial charge in [-0.2, -0.15) is 4.31 Å². The molecular weight excluding hydrogens is 398 g/mol. The van der Waals surface area contributed by atoms with Crippen molar-refractivity contribution in [1.82, 2.24) is 19.8 Å². The molecule has 0 unspecified atom stereocenters. The number of benzene rings is 2. The molecule has 3 rings (SSSR count). The summed E-state index contributed by atoms with van der Waals surface area (Å²) in [5.41, 5.74) is 3.10. The molecule has 1 saturated heterocycles. The minimum atomic E-state index is -3.52. The summed E-state index contributed by atoms with van der Waals surface area (Å²) in [6.45, 7) is 5.60. The highest BCUT2D eigenvalue weighted by atomic mass is 32.2. The monoisotopic (exact) mass is 429 g/mol. The number of aryl methyl sites for hydroxylation is 1. The molecule has 162 valence electrons. The summed E-state index contributed by atoms with van der Waals surface area (Å²) in [6.07, 6.45) is 0. The van der Waals surface area contributed by atoms with Crippen LogP contribution in [0.3, 0.4) is 0 Å². The zero-order valence-electron chi connectivity index (χ0n) is 17.9. The number of nitrogens with zero attached hydrogens (tertiary/aromatic N) is 3. The van der Waals surface area contributed by atoms with Gasteiger partial charge in [-0.3, -0.25) is 4.99 Å². The number of nitrogens with one attached hydrogen (secondary N) is 2. The Hall–Kier alpha value is -2.42. The van der Waals surface area contributed by atoms with Crippen molar-refractivity contribution in [1.29, 1.82) is 0 Å². The average molecular weight is 430 g/mol. The fourth-order valence-corrected chi connectivity index (χ4v) is 5.12. The van der Waals surface area contributed by atoms with Crippen molar-refractivity contribution in [3.63, 3.8) is 0 Å². The Balaban J connectivity index is 1.66. The highest BCUT2D eigenvalue weighted by Crippen LogP contribution is 2.21. The highest BCUT2D eigenvalue weighted by molar-refractivity contribution is 7.89. The van der Waals surface area contributed by atoms with Gasteiger partial charge < -0.3 is 15.5 Å². The van der Waals surface area contributed by atoms with Crippen molar-refractivity contribution in [3.05, 3.63) is 65.2 Å². The van der Waals surface area contributed by atoms with Crippen molar-refractivity contribution < 1.29 is 8.42 Å². The van der Waals surface area contributed by atoms with Crippen LogP contribution in [0.4, 0.5) is 0 Å². The lowest BCUT2D eigenvalue weighted by molar-refractivity contribution is 0.222. The molecule has 2 N–H and O–H groups in total. The molecule has 0 atom stereocenters. The summed E-state index contributed by atoms with van der Waals surface area (Å²) >= 11 is 0. The summed E-state index contributed by atoms with van der Waals surface area (Å²) in [5.74, 6) is 0.628. The number of piperazine rings is 1. The molecular formula is C22H31N5O2S. The molecule has 0 bridgehead atoms. The lowest BCUT2D eigenvalue weighted by atomic mass is 10.1. The molecule has 1 heterocycles. The van der Waals surface area contributed by atoms with Gasteiger partial charge in [-0.1, -0.05) is 48.0 Å². The van der Waals surface area contributed by atoms with E-state index in [0.29, 0.717) is 37.0 Å². The number of hydrogen-bond donors (Lipinski definition) is 2. The van der Waals surface area contributed by atoms with Crippen molar-refractivity contribution in [3.8, 4) is 0 Å². The van der Waals surface area contributed by atoms with Crippen LogP contribution in [0.1, 0.15) is 16.7 Å². The molecule has 0 saturated carbocycles. The van der Waals surface area contributed by atoms with Gasteiger partial charge in [-0.15, -0.1) is 0 Å². The third kappa shape index (κ3) is 5.59. The van der Waals surface area contributed by atoms with Crippen LogP contribution in [0.15, 0.2) is 58.4 Å². The Morgan fingerprint density at radius 2 is 1.70 bits per heavy atom. The van der Waals surface area contributed by atoms with Crippen LogP contribution in [0.25, 0.3) is 0 Å². The van der Waals surface area contributed by atoms with E-state index in [1.807, 2.05) is 25.2 Å². The van der Waals surface area contributed by atoms with Crippen molar-refractivity contribution in [2.45, 2.75) is 24.9 Å². The Morgan fingerprint density at radius 3 is 2.40 bits per heavy atom. The lowest BCUT2D eigenvalue weighted by Crippen LogP contribution is -2.47. The normalized spacial score (nSPS) is 16.4. The predicted molar refractivity (Wildman–Crippen MR) is 121 cm³/mol. The van der Waals surface area contributed by atoms with Crippen molar-refractivity contribution in [2.24, 2.45) is 4.99 Å². The quantitative estimate of drug-likeness (QED) is 0.541. The molecule has 2 aromatic rings. The summed E-state index contributed by atoms with van der Waals surface area (Å²) in [6, 6.07) is 15.5. The largest absolute Gasteiger partial charge is 0.352 e. The van der Waals surface area contributed by atoms with Crippen LogP contribution >= 0.6 is 0 Å². The van der Waals surface area contributed by atoms with E-state index in [9.17, 15) is 8.42 Å². The first-order valence-electron chi connectivity index (χ1n) is 10.2. The number of guanidine groups is 1. The van der Waals surface area contributed by atoms with Gasteiger partial charge in [0.2, 0.25) is 10.0 Å². The third-order valence-electron chi connectivity index (χ3n) is 5.27. The Morgan fingerprint density at radius 1 is 1.00 bits per heavy atom. The Kier molecular flexibility index (Phi) is 7.47. The summed E-state index contributed by atoms with van der Waals surface area (Å²) < 4.78 is 28.0. The third-order valence-corrected chi connectivity index (χ3v) is 7.26. The maximum absolute atomic E-state index is 13.2. The zero-order valence-corrected chi connectivity index (χ0v) is 18.7. The van der Waals surface area contributed by atoms with Gasteiger partial charge in [0.05, 0.1) is 4.90 Å².